The predicted molar refractivity (Wildman–Crippen MR) is 75.6 cm³/mol. The van der Waals surface area contributed by atoms with E-state index in [-0.39, 0.29) is 17.7 Å². The molecule has 0 saturated carbocycles. The lowest BCUT2D eigenvalue weighted by atomic mass is 10.0. The molecule has 1 aliphatic rings. The zero-order valence-electron chi connectivity index (χ0n) is 12.5. The van der Waals surface area contributed by atoms with Gasteiger partial charge in [-0.25, -0.2) is 0 Å². The normalized spacial score (nSPS) is 17.2. The van der Waals surface area contributed by atoms with E-state index >= 15 is 0 Å². The van der Waals surface area contributed by atoms with Crippen molar-refractivity contribution in [1.29, 1.82) is 0 Å². The minimum atomic E-state index is -0.431. The Hall–Kier alpha value is -1.10. The molecular weight excluding hydrogens is 242 g/mol. The van der Waals surface area contributed by atoms with Crippen molar-refractivity contribution < 1.29 is 9.59 Å². The minimum Gasteiger partial charge on any atom is -0.354 e. The summed E-state index contributed by atoms with van der Waals surface area (Å²) < 4.78 is 0. The molecule has 1 rings (SSSR count). The van der Waals surface area contributed by atoms with Crippen LogP contribution in [0.15, 0.2) is 0 Å². The fraction of sp³-hybridized carbons (Fsp3) is 0.857. The maximum Gasteiger partial charge on any atom is 0.242 e. The largest absolute Gasteiger partial charge is 0.354 e. The Morgan fingerprint density at radius 1 is 1.21 bits per heavy atom. The topological polar surface area (TPSA) is 70.2 Å². The quantitative estimate of drug-likeness (QED) is 0.630. The molecule has 19 heavy (non-hydrogen) atoms. The second-order valence-corrected chi connectivity index (χ2v) is 6.16. The number of nitrogens with one attached hydrogen (secondary N) is 3. The van der Waals surface area contributed by atoms with Gasteiger partial charge < -0.3 is 16.0 Å². The monoisotopic (exact) mass is 269 g/mol. The van der Waals surface area contributed by atoms with Gasteiger partial charge >= 0.3 is 0 Å². The Morgan fingerprint density at radius 2 is 1.84 bits per heavy atom. The van der Waals surface area contributed by atoms with Crippen molar-refractivity contribution in [2.75, 3.05) is 19.6 Å². The summed E-state index contributed by atoms with van der Waals surface area (Å²) in [7, 11) is 0. The summed E-state index contributed by atoms with van der Waals surface area (Å²) in [6.45, 7) is 10.5. The van der Waals surface area contributed by atoms with Crippen LogP contribution >= 0.6 is 0 Å². The van der Waals surface area contributed by atoms with Gasteiger partial charge in [-0.1, -0.05) is 27.7 Å². The third-order valence-electron chi connectivity index (χ3n) is 3.29. The molecule has 1 aliphatic heterocycles. The van der Waals surface area contributed by atoms with Crippen LogP contribution < -0.4 is 16.0 Å². The third-order valence-corrected chi connectivity index (χ3v) is 3.29. The van der Waals surface area contributed by atoms with Crippen molar-refractivity contribution in [2.24, 2.45) is 17.8 Å². The molecule has 0 radical (unpaired) electrons. The zero-order valence-corrected chi connectivity index (χ0v) is 12.5. The standard InChI is InChI=1S/C14H27N3O2/c1-9(2)5-12(18)17-13(10(3)4)14(19)16-8-11-6-15-7-11/h9-11,13,15H,5-8H2,1-4H3,(H,16,19)(H,17,18). The molecule has 5 nitrogen and oxygen atoms in total. The summed E-state index contributed by atoms with van der Waals surface area (Å²) >= 11 is 0. The van der Waals surface area contributed by atoms with Crippen LogP contribution in [0.4, 0.5) is 0 Å². The summed E-state index contributed by atoms with van der Waals surface area (Å²) in [6.07, 6.45) is 0.461. The van der Waals surface area contributed by atoms with Gasteiger partial charge in [-0.05, 0) is 11.8 Å². The van der Waals surface area contributed by atoms with E-state index in [0.717, 1.165) is 13.1 Å². The van der Waals surface area contributed by atoms with Crippen LogP contribution in [0.2, 0.25) is 0 Å². The summed E-state index contributed by atoms with van der Waals surface area (Å²) in [4.78, 5) is 23.9. The predicted octanol–water partition coefficient (Wildman–Crippen LogP) is 0.509. The van der Waals surface area contributed by atoms with Crippen LogP contribution in [-0.2, 0) is 9.59 Å². The van der Waals surface area contributed by atoms with Crippen LogP contribution in [0.5, 0.6) is 0 Å². The average molecular weight is 269 g/mol. The lowest BCUT2D eigenvalue weighted by molar-refractivity contribution is -0.130. The number of carbonyl (C=O) groups excluding carboxylic acids is 2. The molecule has 3 N–H and O–H groups in total. The molecular formula is C14H27N3O2. The first-order chi connectivity index (χ1) is 8.90. The fourth-order valence-corrected chi connectivity index (χ4v) is 1.99. The minimum absolute atomic E-state index is 0.0471. The number of hydrogen-bond acceptors (Lipinski definition) is 3. The van der Waals surface area contributed by atoms with Gasteiger partial charge in [0.1, 0.15) is 6.04 Å². The van der Waals surface area contributed by atoms with Crippen molar-refractivity contribution in [2.45, 2.75) is 40.2 Å². The highest BCUT2D eigenvalue weighted by atomic mass is 16.2. The van der Waals surface area contributed by atoms with Gasteiger partial charge in [-0.3, -0.25) is 9.59 Å². The van der Waals surface area contributed by atoms with Crippen molar-refractivity contribution in [3.8, 4) is 0 Å². The highest BCUT2D eigenvalue weighted by Gasteiger charge is 2.25. The van der Waals surface area contributed by atoms with E-state index < -0.39 is 6.04 Å². The van der Waals surface area contributed by atoms with Gasteiger partial charge in [0.15, 0.2) is 0 Å². The van der Waals surface area contributed by atoms with Crippen molar-refractivity contribution in [3.05, 3.63) is 0 Å². The van der Waals surface area contributed by atoms with E-state index in [0.29, 0.717) is 24.8 Å². The zero-order chi connectivity index (χ0) is 14.4. The molecule has 0 aromatic rings. The molecule has 1 saturated heterocycles. The van der Waals surface area contributed by atoms with Crippen molar-refractivity contribution in [1.82, 2.24) is 16.0 Å². The Kier molecular flexibility index (Phi) is 6.28. The van der Waals surface area contributed by atoms with Crippen LogP contribution in [0, 0.1) is 17.8 Å². The molecule has 0 spiro atoms. The van der Waals surface area contributed by atoms with E-state index in [1.54, 1.807) is 0 Å². The van der Waals surface area contributed by atoms with Crippen LogP contribution in [0.1, 0.15) is 34.1 Å². The first-order valence-corrected chi connectivity index (χ1v) is 7.18. The van der Waals surface area contributed by atoms with E-state index in [2.05, 4.69) is 16.0 Å². The molecule has 0 bridgehead atoms. The van der Waals surface area contributed by atoms with E-state index in [9.17, 15) is 9.59 Å². The van der Waals surface area contributed by atoms with Gasteiger partial charge in [0.2, 0.25) is 11.8 Å². The smallest absolute Gasteiger partial charge is 0.242 e. The van der Waals surface area contributed by atoms with E-state index in [4.69, 9.17) is 0 Å². The van der Waals surface area contributed by atoms with Crippen molar-refractivity contribution in [3.63, 3.8) is 0 Å². The first kappa shape index (κ1) is 16.0. The Labute approximate surface area is 115 Å². The molecule has 2 amide bonds. The summed E-state index contributed by atoms with van der Waals surface area (Å²) in [5.41, 5.74) is 0. The lowest BCUT2D eigenvalue weighted by Gasteiger charge is -2.29. The van der Waals surface area contributed by atoms with Gasteiger partial charge in [-0.2, -0.15) is 0 Å². The summed E-state index contributed by atoms with van der Waals surface area (Å²) in [6, 6.07) is -0.431. The van der Waals surface area contributed by atoms with Crippen molar-refractivity contribution >= 4 is 11.8 Å². The Balaban J connectivity index is 2.41. The van der Waals surface area contributed by atoms with Gasteiger partial charge in [0.05, 0.1) is 0 Å². The summed E-state index contributed by atoms with van der Waals surface area (Å²) in [5, 5.41) is 8.94. The molecule has 1 heterocycles. The molecule has 1 atom stereocenters. The molecule has 1 fully saturated rings. The third kappa shape index (κ3) is 5.59. The average Bonchev–Trinajstić information content (AvgIpc) is 2.22. The van der Waals surface area contributed by atoms with Crippen LogP contribution in [0.25, 0.3) is 0 Å². The van der Waals surface area contributed by atoms with Crippen LogP contribution in [-0.4, -0.2) is 37.5 Å². The number of amides is 2. The highest BCUT2D eigenvalue weighted by molar-refractivity contribution is 5.87. The summed E-state index contributed by atoms with van der Waals surface area (Å²) in [5.74, 6) is 0.809. The van der Waals surface area contributed by atoms with Gasteiger partial charge in [-0.15, -0.1) is 0 Å². The van der Waals surface area contributed by atoms with Gasteiger partial charge in [0, 0.05) is 32.0 Å². The Morgan fingerprint density at radius 3 is 2.26 bits per heavy atom. The SMILES string of the molecule is CC(C)CC(=O)NC(C(=O)NCC1CNC1)C(C)C. The maximum atomic E-state index is 12.1. The van der Waals surface area contributed by atoms with Crippen LogP contribution in [0.3, 0.4) is 0 Å². The highest BCUT2D eigenvalue weighted by Crippen LogP contribution is 2.06. The second-order valence-electron chi connectivity index (χ2n) is 6.16. The van der Waals surface area contributed by atoms with E-state index in [1.807, 2.05) is 27.7 Å². The van der Waals surface area contributed by atoms with Gasteiger partial charge in [0.25, 0.3) is 0 Å². The maximum absolute atomic E-state index is 12.1. The fourth-order valence-electron chi connectivity index (χ4n) is 1.99. The molecule has 5 heteroatoms. The second kappa shape index (κ2) is 7.48. The molecule has 110 valence electrons. The Bertz CT molecular complexity index is 312. The number of hydrogen-bond donors (Lipinski definition) is 3. The number of carbonyl (C=O) groups is 2. The van der Waals surface area contributed by atoms with E-state index in [1.165, 1.54) is 0 Å². The molecule has 0 aliphatic carbocycles. The first-order valence-electron chi connectivity index (χ1n) is 7.18. The molecule has 1 unspecified atom stereocenters. The molecule has 0 aromatic heterocycles. The molecule has 0 aromatic carbocycles. The lowest BCUT2D eigenvalue weighted by Crippen LogP contribution is -2.53. The number of rotatable bonds is 7.